The van der Waals surface area contributed by atoms with Crippen LogP contribution in [0.2, 0.25) is 0 Å². The minimum atomic E-state index is -1.14. The summed E-state index contributed by atoms with van der Waals surface area (Å²) >= 11 is 0. The minimum absolute atomic E-state index is 0. The minimum Gasteiger partial charge on any atom is -0.465 e. The molecule has 1 amide bonds. The topological polar surface area (TPSA) is 112 Å². The van der Waals surface area contributed by atoms with Crippen LogP contribution in [0, 0.1) is 0 Å². The van der Waals surface area contributed by atoms with Gasteiger partial charge in [0.15, 0.2) is 6.23 Å². The fraction of sp³-hybridized carbons (Fsp3) is 0.800. The van der Waals surface area contributed by atoms with Gasteiger partial charge in [-0.2, -0.15) is 4.89 Å². The largest absolute Gasteiger partial charge is 0.465 e. The smallest absolute Gasteiger partial charge is 0.406 e. The third-order valence-electron chi connectivity index (χ3n) is 1.18. The highest BCUT2D eigenvalue weighted by atomic mass is 17.5. The lowest BCUT2D eigenvalue weighted by molar-refractivity contribution is -0.519. The summed E-state index contributed by atoms with van der Waals surface area (Å²) < 4.78 is 0. The van der Waals surface area contributed by atoms with Gasteiger partial charge in [0.25, 0.3) is 0 Å². The molecule has 0 saturated carbocycles. The maximum Gasteiger partial charge on any atom is 0.406 e. The fourth-order valence-electron chi connectivity index (χ4n) is 0.719. The molecule has 1 atom stereocenters. The van der Waals surface area contributed by atoms with Crippen molar-refractivity contribution < 1.29 is 24.7 Å². The molecule has 1 rings (SSSR count). The summed E-state index contributed by atoms with van der Waals surface area (Å²) in [5.74, 6) is 0. The van der Waals surface area contributed by atoms with Crippen LogP contribution >= 0.6 is 0 Å². The quantitative estimate of drug-likeness (QED) is 0.504. The SMILES string of the molecule is N.O=C(O)NC1CCCOOO1. The molecule has 0 aromatic rings. The molecular weight excluding hydrogens is 168 g/mol. The highest BCUT2D eigenvalue weighted by Crippen LogP contribution is 2.05. The first-order chi connectivity index (χ1) is 5.29. The van der Waals surface area contributed by atoms with Crippen LogP contribution in [0.5, 0.6) is 0 Å². The molecule has 1 aliphatic rings. The molecule has 1 saturated heterocycles. The van der Waals surface area contributed by atoms with Crippen LogP contribution in [-0.2, 0) is 14.8 Å². The van der Waals surface area contributed by atoms with E-state index in [-0.39, 0.29) is 6.15 Å². The van der Waals surface area contributed by atoms with Crippen LogP contribution in [0.3, 0.4) is 0 Å². The molecule has 1 aliphatic heterocycles. The van der Waals surface area contributed by atoms with Crippen molar-refractivity contribution in [3.8, 4) is 0 Å². The van der Waals surface area contributed by atoms with Gasteiger partial charge in [-0.1, -0.05) is 5.04 Å². The summed E-state index contributed by atoms with van der Waals surface area (Å²) in [6.07, 6.45) is -0.521. The monoisotopic (exact) mass is 180 g/mol. The molecule has 72 valence electrons. The second kappa shape index (κ2) is 5.72. The molecule has 12 heavy (non-hydrogen) atoms. The molecule has 0 radical (unpaired) electrons. The van der Waals surface area contributed by atoms with Crippen LogP contribution in [0.25, 0.3) is 0 Å². The van der Waals surface area contributed by atoms with Gasteiger partial charge in [-0.25, -0.2) is 9.68 Å². The first-order valence-electron chi connectivity index (χ1n) is 3.23. The van der Waals surface area contributed by atoms with E-state index in [9.17, 15) is 4.79 Å². The van der Waals surface area contributed by atoms with Crippen molar-refractivity contribution in [1.82, 2.24) is 11.5 Å². The van der Waals surface area contributed by atoms with E-state index >= 15 is 0 Å². The van der Waals surface area contributed by atoms with Gasteiger partial charge in [-0.3, -0.25) is 5.32 Å². The first-order valence-corrected chi connectivity index (χ1v) is 3.23. The summed E-state index contributed by atoms with van der Waals surface area (Å²) in [5.41, 5.74) is 0. The Kier molecular flexibility index (Phi) is 5.30. The summed E-state index contributed by atoms with van der Waals surface area (Å²) in [4.78, 5) is 19.0. The highest BCUT2D eigenvalue weighted by Gasteiger charge is 2.15. The highest BCUT2D eigenvalue weighted by molar-refractivity contribution is 5.64. The van der Waals surface area contributed by atoms with Crippen molar-refractivity contribution in [2.75, 3.05) is 6.61 Å². The number of carbonyl (C=O) groups is 1. The zero-order chi connectivity index (χ0) is 8.10. The van der Waals surface area contributed by atoms with E-state index in [4.69, 9.17) is 5.11 Å². The number of hydrogen-bond donors (Lipinski definition) is 3. The summed E-state index contributed by atoms with van der Waals surface area (Å²) in [6.45, 7) is 0.414. The molecule has 1 fully saturated rings. The molecule has 5 N–H and O–H groups in total. The van der Waals surface area contributed by atoms with E-state index in [1.165, 1.54) is 0 Å². The lowest BCUT2D eigenvalue weighted by Gasteiger charge is -2.09. The normalized spacial score (nSPS) is 23.5. The second-order valence-corrected chi connectivity index (χ2v) is 2.07. The first kappa shape index (κ1) is 11.1. The second-order valence-electron chi connectivity index (χ2n) is 2.07. The zero-order valence-electron chi connectivity index (χ0n) is 6.49. The van der Waals surface area contributed by atoms with Crippen LogP contribution < -0.4 is 11.5 Å². The maximum atomic E-state index is 10.1. The van der Waals surface area contributed by atoms with Gasteiger partial charge < -0.3 is 11.3 Å². The Morgan fingerprint density at radius 1 is 1.58 bits per heavy atom. The van der Waals surface area contributed by atoms with Crippen LogP contribution in [0.1, 0.15) is 12.8 Å². The van der Waals surface area contributed by atoms with Gasteiger partial charge in [-0.05, 0) is 12.8 Å². The third kappa shape index (κ3) is 4.09. The average Bonchev–Trinajstić information content (AvgIpc) is 2.14. The number of carboxylic acid groups (broad SMARTS) is 1. The molecular formula is C5H12N2O5. The maximum absolute atomic E-state index is 10.1. The Hall–Kier alpha value is -0.890. The van der Waals surface area contributed by atoms with Gasteiger partial charge in [-0.15, -0.1) is 0 Å². The predicted octanol–water partition coefficient (Wildman–Crippen LogP) is 0.416. The number of hydrogen-bond acceptors (Lipinski definition) is 5. The van der Waals surface area contributed by atoms with Gasteiger partial charge in [0, 0.05) is 0 Å². The number of amides is 1. The van der Waals surface area contributed by atoms with Crippen molar-refractivity contribution in [3.63, 3.8) is 0 Å². The number of nitrogens with one attached hydrogen (secondary N) is 1. The van der Waals surface area contributed by atoms with Gasteiger partial charge in [0.2, 0.25) is 0 Å². The summed E-state index contributed by atoms with van der Waals surface area (Å²) in [5, 5.41) is 14.6. The molecule has 7 nitrogen and oxygen atoms in total. The number of rotatable bonds is 1. The van der Waals surface area contributed by atoms with Crippen molar-refractivity contribution in [2.24, 2.45) is 0 Å². The van der Waals surface area contributed by atoms with Crippen molar-refractivity contribution in [3.05, 3.63) is 0 Å². The third-order valence-corrected chi connectivity index (χ3v) is 1.18. The Labute approximate surface area is 69.0 Å². The van der Waals surface area contributed by atoms with Crippen LogP contribution in [0.4, 0.5) is 4.79 Å². The Bertz CT molecular complexity index is 134. The fourth-order valence-corrected chi connectivity index (χ4v) is 0.719. The lowest BCUT2D eigenvalue weighted by atomic mass is 10.3. The van der Waals surface area contributed by atoms with E-state index in [0.717, 1.165) is 0 Å². The Balaban J connectivity index is 0.00000121. The Morgan fingerprint density at radius 2 is 2.33 bits per heavy atom. The molecule has 0 aromatic carbocycles. The van der Waals surface area contributed by atoms with Crippen molar-refractivity contribution >= 4 is 6.09 Å². The van der Waals surface area contributed by atoms with Crippen LogP contribution in [0.15, 0.2) is 0 Å². The summed E-state index contributed by atoms with van der Waals surface area (Å²) in [6, 6.07) is 0. The van der Waals surface area contributed by atoms with E-state index < -0.39 is 12.3 Å². The molecule has 1 unspecified atom stereocenters. The predicted molar refractivity (Wildman–Crippen MR) is 37.3 cm³/mol. The lowest BCUT2D eigenvalue weighted by Crippen LogP contribution is -2.34. The van der Waals surface area contributed by atoms with E-state index in [2.05, 4.69) is 20.1 Å². The molecule has 0 aromatic heterocycles. The molecule has 0 bridgehead atoms. The van der Waals surface area contributed by atoms with Gasteiger partial charge in [0.1, 0.15) is 0 Å². The van der Waals surface area contributed by atoms with Crippen molar-refractivity contribution in [1.29, 1.82) is 0 Å². The van der Waals surface area contributed by atoms with E-state index in [0.29, 0.717) is 19.4 Å². The molecule has 0 aliphatic carbocycles. The average molecular weight is 180 g/mol. The standard InChI is InChI=1S/C5H9NO5.H3N/c7-5(8)6-4-2-1-3-9-11-10-4;/h4,6H,1-3H2,(H,7,8);1H3. The molecule has 7 heteroatoms. The molecule has 0 spiro atoms. The molecule has 1 heterocycles. The summed E-state index contributed by atoms with van der Waals surface area (Å²) in [7, 11) is 0. The Morgan fingerprint density at radius 3 is 3.00 bits per heavy atom. The van der Waals surface area contributed by atoms with Crippen LogP contribution in [-0.4, -0.2) is 24.0 Å². The van der Waals surface area contributed by atoms with E-state index in [1.807, 2.05) is 0 Å². The van der Waals surface area contributed by atoms with E-state index in [1.54, 1.807) is 0 Å². The van der Waals surface area contributed by atoms with Gasteiger partial charge >= 0.3 is 6.09 Å². The van der Waals surface area contributed by atoms with Crippen molar-refractivity contribution in [2.45, 2.75) is 19.1 Å². The zero-order valence-corrected chi connectivity index (χ0v) is 6.49. The van der Waals surface area contributed by atoms with Gasteiger partial charge in [0.05, 0.1) is 6.61 Å².